The predicted octanol–water partition coefficient (Wildman–Crippen LogP) is -1.41. The third kappa shape index (κ3) is 4.65. The number of primary amides is 1. The number of rotatable bonds is 7. The van der Waals surface area contributed by atoms with E-state index in [-0.39, 0.29) is 6.61 Å². The summed E-state index contributed by atoms with van der Waals surface area (Å²) in [7, 11) is 2.22. The van der Waals surface area contributed by atoms with Crippen LogP contribution in [0, 0.1) is 17.8 Å². The quantitative estimate of drug-likeness (QED) is 0.432. The van der Waals surface area contributed by atoms with Crippen molar-refractivity contribution in [3.63, 3.8) is 0 Å². The van der Waals surface area contributed by atoms with Gasteiger partial charge in [-0.25, -0.2) is 0 Å². The maximum atomic E-state index is 12.1. The van der Waals surface area contributed by atoms with Crippen LogP contribution in [0.2, 0.25) is 0 Å². The molecule has 23 heavy (non-hydrogen) atoms. The number of carbonyl (C=O) groups excluding carboxylic acids is 4. The molecule has 2 amide bonds. The first-order valence-corrected chi connectivity index (χ1v) is 7.16. The van der Waals surface area contributed by atoms with Crippen molar-refractivity contribution < 1.29 is 33.4 Å². The highest BCUT2D eigenvalue weighted by Gasteiger charge is 2.42. The van der Waals surface area contributed by atoms with Gasteiger partial charge in [0, 0.05) is 12.5 Å². The maximum Gasteiger partial charge on any atom is 0.320 e. The van der Waals surface area contributed by atoms with E-state index in [0.717, 1.165) is 14.2 Å². The molecule has 130 valence electrons. The fourth-order valence-corrected chi connectivity index (χ4v) is 2.45. The molecule has 1 aliphatic rings. The highest BCUT2D eigenvalue weighted by Crippen LogP contribution is 2.21. The van der Waals surface area contributed by atoms with Crippen molar-refractivity contribution in [1.82, 2.24) is 5.32 Å². The zero-order valence-electron chi connectivity index (χ0n) is 13.4. The summed E-state index contributed by atoms with van der Waals surface area (Å²) >= 11 is 0. The fraction of sp³-hybridized carbons (Fsp3) is 0.714. The number of methoxy groups -OCH3 is 2. The number of hydrogen-bond acceptors (Lipinski definition) is 7. The van der Waals surface area contributed by atoms with Crippen molar-refractivity contribution >= 4 is 23.8 Å². The van der Waals surface area contributed by atoms with Crippen molar-refractivity contribution in [3.05, 3.63) is 0 Å². The van der Waals surface area contributed by atoms with Crippen LogP contribution in [0.5, 0.6) is 0 Å². The number of nitrogens with one attached hydrogen (secondary N) is 1. The van der Waals surface area contributed by atoms with Crippen LogP contribution < -0.4 is 11.1 Å². The van der Waals surface area contributed by atoms with Crippen molar-refractivity contribution in [2.75, 3.05) is 27.4 Å². The Morgan fingerprint density at radius 1 is 1.17 bits per heavy atom. The van der Waals surface area contributed by atoms with Gasteiger partial charge in [-0.1, -0.05) is 6.92 Å². The minimum absolute atomic E-state index is 0.253. The van der Waals surface area contributed by atoms with E-state index in [1.807, 2.05) is 0 Å². The lowest BCUT2D eigenvalue weighted by Gasteiger charge is -2.27. The number of nitrogens with two attached hydrogens (primary N) is 1. The van der Waals surface area contributed by atoms with Crippen LogP contribution in [-0.2, 0) is 33.4 Å². The third-order valence-corrected chi connectivity index (χ3v) is 3.87. The topological polar surface area (TPSA) is 134 Å². The molecule has 0 spiro atoms. The van der Waals surface area contributed by atoms with Crippen LogP contribution in [0.25, 0.3) is 0 Å². The van der Waals surface area contributed by atoms with E-state index in [0.29, 0.717) is 13.0 Å². The van der Waals surface area contributed by atoms with Crippen LogP contribution in [-0.4, -0.2) is 57.2 Å². The van der Waals surface area contributed by atoms with Gasteiger partial charge in [-0.2, -0.15) is 0 Å². The summed E-state index contributed by atoms with van der Waals surface area (Å²) in [4.78, 5) is 47.5. The Morgan fingerprint density at radius 3 is 2.13 bits per heavy atom. The van der Waals surface area contributed by atoms with Crippen molar-refractivity contribution in [2.24, 2.45) is 23.5 Å². The first kappa shape index (κ1) is 18.9. The molecule has 0 radical (unpaired) electrons. The highest BCUT2D eigenvalue weighted by atomic mass is 16.5. The van der Waals surface area contributed by atoms with E-state index in [9.17, 15) is 19.2 Å². The minimum atomic E-state index is -1.37. The van der Waals surface area contributed by atoms with Crippen LogP contribution >= 0.6 is 0 Å². The standard InChI is InChI=1S/C14H22N2O7/c1-7(9(13(19)21-2)14(20)22-3)10(11(15)17)16-12(18)8-4-5-23-6-8/h7-10H,4-6H2,1-3H3,(H2,15,17)(H,16,18)/t7-,8-,10-/m0/s1. The van der Waals surface area contributed by atoms with Gasteiger partial charge in [0.15, 0.2) is 5.92 Å². The average molecular weight is 330 g/mol. The van der Waals surface area contributed by atoms with Gasteiger partial charge >= 0.3 is 11.9 Å². The lowest BCUT2D eigenvalue weighted by molar-refractivity contribution is -0.162. The summed E-state index contributed by atoms with van der Waals surface area (Å²) in [5.41, 5.74) is 5.32. The van der Waals surface area contributed by atoms with Crippen LogP contribution in [0.4, 0.5) is 0 Å². The van der Waals surface area contributed by atoms with E-state index < -0.39 is 47.5 Å². The third-order valence-electron chi connectivity index (χ3n) is 3.87. The molecule has 0 saturated carbocycles. The Kier molecular flexibility index (Phi) is 6.95. The van der Waals surface area contributed by atoms with E-state index in [2.05, 4.69) is 14.8 Å². The average Bonchev–Trinajstić information content (AvgIpc) is 3.05. The summed E-state index contributed by atoms with van der Waals surface area (Å²) in [6.45, 7) is 2.16. The molecule has 3 atom stereocenters. The number of carbonyl (C=O) groups is 4. The van der Waals surface area contributed by atoms with Gasteiger partial charge in [0.2, 0.25) is 11.8 Å². The van der Waals surface area contributed by atoms with Gasteiger partial charge in [0.1, 0.15) is 6.04 Å². The maximum absolute atomic E-state index is 12.1. The molecule has 9 nitrogen and oxygen atoms in total. The van der Waals surface area contributed by atoms with Gasteiger partial charge in [-0.3, -0.25) is 19.2 Å². The molecule has 0 aromatic carbocycles. The second-order valence-corrected chi connectivity index (χ2v) is 5.33. The molecule has 1 heterocycles. The molecule has 3 N–H and O–H groups in total. The fourth-order valence-electron chi connectivity index (χ4n) is 2.45. The molecular weight excluding hydrogens is 308 g/mol. The second kappa shape index (κ2) is 8.47. The summed E-state index contributed by atoms with van der Waals surface area (Å²) in [5, 5.41) is 2.49. The smallest absolute Gasteiger partial charge is 0.320 e. The Balaban J connectivity index is 2.92. The zero-order chi connectivity index (χ0) is 17.6. The highest BCUT2D eigenvalue weighted by molar-refractivity contribution is 5.97. The lowest BCUT2D eigenvalue weighted by atomic mass is 9.86. The summed E-state index contributed by atoms with van der Waals surface area (Å²) in [5.74, 6) is -5.70. The zero-order valence-corrected chi connectivity index (χ0v) is 13.4. The first-order valence-electron chi connectivity index (χ1n) is 7.16. The molecular formula is C14H22N2O7. The Morgan fingerprint density at radius 2 is 1.74 bits per heavy atom. The second-order valence-electron chi connectivity index (χ2n) is 5.33. The van der Waals surface area contributed by atoms with Crippen LogP contribution in [0.1, 0.15) is 13.3 Å². The predicted molar refractivity (Wildman–Crippen MR) is 76.7 cm³/mol. The molecule has 1 fully saturated rings. The normalized spacial score (nSPS) is 19.7. The first-order chi connectivity index (χ1) is 10.8. The van der Waals surface area contributed by atoms with E-state index in [4.69, 9.17) is 10.5 Å². The SMILES string of the molecule is COC(=O)C(C(=O)OC)[C@H](C)[C@H](NC(=O)[C@H]1CCOC1)C(N)=O. The van der Waals surface area contributed by atoms with E-state index in [1.165, 1.54) is 6.92 Å². The van der Waals surface area contributed by atoms with E-state index >= 15 is 0 Å². The molecule has 1 aliphatic heterocycles. The van der Waals surface area contributed by atoms with Crippen LogP contribution in [0.3, 0.4) is 0 Å². The Hall–Kier alpha value is -2.16. The van der Waals surface area contributed by atoms with Gasteiger partial charge in [-0.15, -0.1) is 0 Å². The molecule has 0 aromatic heterocycles. The summed E-state index contributed by atoms with van der Waals surface area (Å²) in [6, 6.07) is -1.22. The molecule has 1 rings (SSSR count). The van der Waals surface area contributed by atoms with Crippen molar-refractivity contribution in [1.29, 1.82) is 0 Å². The van der Waals surface area contributed by atoms with Crippen molar-refractivity contribution in [2.45, 2.75) is 19.4 Å². The molecule has 0 aliphatic carbocycles. The number of ether oxygens (including phenoxy) is 3. The number of esters is 2. The number of amides is 2. The molecule has 9 heteroatoms. The molecule has 0 aromatic rings. The Bertz CT molecular complexity index is 458. The number of hydrogen-bond donors (Lipinski definition) is 2. The molecule has 1 saturated heterocycles. The van der Waals surface area contributed by atoms with Gasteiger partial charge < -0.3 is 25.3 Å². The lowest BCUT2D eigenvalue weighted by Crippen LogP contribution is -2.54. The van der Waals surface area contributed by atoms with Gasteiger partial charge in [0.05, 0.1) is 26.7 Å². The summed E-state index contributed by atoms with van der Waals surface area (Å²) < 4.78 is 14.2. The Labute approximate surface area is 133 Å². The monoisotopic (exact) mass is 330 g/mol. The van der Waals surface area contributed by atoms with E-state index in [1.54, 1.807) is 0 Å². The minimum Gasteiger partial charge on any atom is -0.468 e. The largest absolute Gasteiger partial charge is 0.468 e. The van der Waals surface area contributed by atoms with Gasteiger partial charge in [0.25, 0.3) is 0 Å². The molecule has 0 bridgehead atoms. The van der Waals surface area contributed by atoms with Crippen molar-refractivity contribution in [3.8, 4) is 0 Å². The molecule has 0 unspecified atom stereocenters. The van der Waals surface area contributed by atoms with Gasteiger partial charge in [-0.05, 0) is 6.42 Å². The van der Waals surface area contributed by atoms with Crippen LogP contribution in [0.15, 0.2) is 0 Å². The summed E-state index contributed by atoms with van der Waals surface area (Å²) in [6.07, 6.45) is 0.531.